The molecule has 2 N–H and O–H groups in total. The summed E-state index contributed by atoms with van der Waals surface area (Å²) in [5.41, 5.74) is 1.40. The van der Waals surface area contributed by atoms with Gasteiger partial charge >= 0.3 is 6.18 Å². The number of nitrogens with zero attached hydrogens (tertiary/aromatic N) is 1. The van der Waals surface area contributed by atoms with E-state index >= 15 is 0 Å². The molecule has 7 heteroatoms. The lowest BCUT2D eigenvalue weighted by Gasteiger charge is -2.09. The number of H-pyrrole nitrogens is 1. The van der Waals surface area contributed by atoms with Crippen molar-refractivity contribution >= 4 is 5.95 Å². The van der Waals surface area contributed by atoms with Crippen molar-refractivity contribution in [3.63, 3.8) is 0 Å². The maximum Gasteiger partial charge on any atom is 0.416 e. The summed E-state index contributed by atoms with van der Waals surface area (Å²) in [4.78, 5) is 18.8. The van der Waals surface area contributed by atoms with Gasteiger partial charge in [-0.3, -0.25) is 9.78 Å². The van der Waals surface area contributed by atoms with Gasteiger partial charge in [0.05, 0.1) is 11.3 Å². The number of rotatable bonds is 3. The molecule has 1 aromatic carbocycles. The van der Waals surface area contributed by atoms with Crippen LogP contribution < -0.4 is 10.9 Å². The van der Waals surface area contributed by atoms with Gasteiger partial charge in [-0.25, -0.2) is 4.98 Å². The first kappa shape index (κ1) is 14.6. The van der Waals surface area contributed by atoms with Crippen LogP contribution in [0.5, 0.6) is 0 Å². The van der Waals surface area contributed by atoms with Crippen LogP contribution >= 0.6 is 0 Å². The van der Waals surface area contributed by atoms with E-state index in [1.54, 1.807) is 0 Å². The van der Waals surface area contributed by atoms with Crippen LogP contribution in [0.3, 0.4) is 0 Å². The Morgan fingerprint density at radius 3 is 2.59 bits per heavy atom. The van der Waals surface area contributed by atoms with Crippen molar-refractivity contribution in [2.45, 2.75) is 32.0 Å². The Bertz CT molecular complexity index is 735. The number of hydrogen-bond acceptors (Lipinski definition) is 3. The van der Waals surface area contributed by atoms with Crippen molar-refractivity contribution in [2.75, 3.05) is 5.32 Å². The van der Waals surface area contributed by atoms with E-state index in [9.17, 15) is 18.0 Å². The Morgan fingerprint density at radius 2 is 1.91 bits per heavy atom. The first-order valence-electron chi connectivity index (χ1n) is 6.95. The summed E-state index contributed by atoms with van der Waals surface area (Å²) in [5.74, 6) is 0.352. The molecule has 0 saturated heterocycles. The lowest BCUT2D eigenvalue weighted by atomic mass is 10.1. The molecule has 0 fully saturated rings. The summed E-state index contributed by atoms with van der Waals surface area (Å²) in [6, 6.07) is 4.88. The molecular formula is C15H14F3N3O. The molecule has 1 aliphatic rings. The van der Waals surface area contributed by atoms with Crippen LogP contribution in [-0.4, -0.2) is 9.97 Å². The van der Waals surface area contributed by atoms with Crippen molar-refractivity contribution in [3.8, 4) is 0 Å². The number of hydrogen-bond donors (Lipinski definition) is 2. The number of halogens is 3. The van der Waals surface area contributed by atoms with Crippen LogP contribution in [0.4, 0.5) is 19.1 Å². The number of nitrogens with one attached hydrogen (secondary N) is 2. The highest BCUT2D eigenvalue weighted by Crippen LogP contribution is 2.29. The average Bonchev–Trinajstić information content (AvgIpc) is 2.93. The third kappa shape index (κ3) is 2.98. The summed E-state index contributed by atoms with van der Waals surface area (Å²) < 4.78 is 37.4. The molecule has 0 aliphatic heterocycles. The first-order valence-corrected chi connectivity index (χ1v) is 6.95. The highest BCUT2D eigenvalue weighted by molar-refractivity contribution is 5.34. The van der Waals surface area contributed by atoms with Gasteiger partial charge in [0.25, 0.3) is 5.56 Å². The smallest absolute Gasteiger partial charge is 0.352 e. The summed E-state index contributed by atoms with van der Waals surface area (Å²) >= 11 is 0. The highest BCUT2D eigenvalue weighted by atomic mass is 19.4. The maximum atomic E-state index is 12.5. The van der Waals surface area contributed by atoms with Crippen LogP contribution in [0.25, 0.3) is 0 Å². The Hall–Kier alpha value is -2.31. The van der Waals surface area contributed by atoms with E-state index < -0.39 is 11.7 Å². The van der Waals surface area contributed by atoms with Crippen molar-refractivity contribution in [2.24, 2.45) is 0 Å². The second-order valence-electron chi connectivity index (χ2n) is 5.24. The van der Waals surface area contributed by atoms with Gasteiger partial charge in [0, 0.05) is 12.1 Å². The molecule has 0 atom stereocenters. The van der Waals surface area contributed by atoms with Gasteiger partial charge in [-0.2, -0.15) is 13.2 Å². The van der Waals surface area contributed by atoms with Gasteiger partial charge in [0.15, 0.2) is 0 Å². The van der Waals surface area contributed by atoms with Gasteiger partial charge in [-0.15, -0.1) is 0 Å². The van der Waals surface area contributed by atoms with E-state index in [1.807, 2.05) is 0 Å². The Labute approximate surface area is 124 Å². The molecule has 1 heterocycles. The number of anilines is 1. The third-order valence-corrected chi connectivity index (χ3v) is 3.68. The topological polar surface area (TPSA) is 57.8 Å². The zero-order chi connectivity index (χ0) is 15.7. The van der Waals surface area contributed by atoms with Crippen molar-refractivity contribution < 1.29 is 13.2 Å². The lowest BCUT2D eigenvalue weighted by molar-refractivity contribution is -0.137. The zero-order valence-corrected chi connectivity index (χ0v) is 11.6. The fourth-order valence-electron chi connectivity index (χ4n) is 2.52. The quantitative estimate of drug-likeness (QED) is 0.916. The molecule has 0 radical (unpaired) electrons. The van der Waals surface area contributed by atoms with Crippen LogP contribution in [0.1, 0.15) is 28.8 Å². The van der Waals surface area contributed by atoms with Crippen LogP contribution in [0.2, 0.25) is 0 Å². The standard InChI is InChI=1S/C15H14F3N3O/c16-15(17,18)10-6-4-9(5-7-10)8-19-14-20-12-3-1-2-11(12)13(22)21-14/h4-7H,1-3,8H2,(H2,19,20,21,22). The van der Waals surface area contributed by atoms with Gasteiger partial charge in [0.1, 0.15) is 0 Å². The molecule has 2 aromatic rings. The second kappa shape index (κ2) is 5.47. The van der Waals surface area contributed by atoms with Gasteiger partial charge < -0.3 is 5.32 Å². The van der Waals surface area contributed by atoms with Crippen molar-refractivity contribution in [1.29, 1.82) is 0 Å². The van der Waals surface area contributed by atoms with E-state index in [-0.39, 0.29) is 5.56 Å². The molecule has 116 valence electrons. The fraction of sp³-hybridized carbons (Fsp3) is 0.333. The molecule has 22 heavy (non-hydrogen) atoms. The summed E-state index contributed by atoms with van der Waals surface area (Å²) in [6.07, 6.45) is -1.88. The van der Waals surface area contributed by atoms with E-state index in [0.717, 1.165) is 42.7 Å². The molecule has 1 aliphatic carbocycles. The Balaban J connectivity index is 1.71. The Morgan fingerprint density at radius 1 is 1.18 bits per heavy atom. The number of aromatic nitrogens is 2. The molecule has 0 saturated carbocycles. The number of fused-ring (bicyclic) bond motifs is 1. The zero-order valence-electron chi connectivity index (χ0n) is 11.6. The minimum absolute atomic E-state index is 0.141. The van der Waals surface area contributed by atoms with Crippen LogP contribution in [-0.2, 0) is 25.6 Å². The molecule has 4 nitrogen and oxygen atoms in total. The number of aromatic amines is 1. The monoisotopic (exact) mass is 309 g/mol. The largest absolute Gasteiger partial charge is 0.416 e. The third-order valence-electron chi connectivity index (χ3n) is 3.68. The Kier molecular flexibility index (Phi) is 3.64. The van der Waals surface area contributed by atoms with E-state index in [0.29, 0.717) is 18.1 Å². The highest BCUT2D eigenvalue weighted by Gasteiger charge is 2.29. The summed E-state index contributed by atoms with van der Waals surface area (Å²) in [7, 11) is 0. The molecule has 1 aromatic heterocycles. The summed E-state index contributed by atoms with van der Waals surface area (Å²) in [5, 5.41) is 2.94. The number of alkyl halides is 3. The van der Waals surface area contributed by atoms with Crippen LogP contribution in [0, 0.1) is 0 Å². The predicted octanol–water partition coefficient (Wildman–Crippen LogP) is 2.89. The SMILES string of the molecule is O=c1[nH]c(NCc2ccc(C(F)(F)F)cc2)nc2c1CCC2. The van der Waals surface area contributed by atoms with E-state index in [2.05, 4.69) is 15.3 Å². The van der Waals surface area contributed by atoms with Crippen molar-refractivity contribution in [1.82, 2.24) is 9.97 Å². The van der Waals surface area contributed by atoms with Crippen LogP contribution in [0.15, 0.2) is 29.1 Å². The molecule has 0 unspecified atom stereocenters. The first-order chi connectivity index (χ1) is 10.4. The van der Waals surface area contributed by atoms with E-state index in [1.165, 1.54) is 12.1 Å². The molecule has 0 amide bonds. The number of benzene rings is 1. The van der Waals surface area contributed by atoms with Crippen molar-refractivity contribution in [3.05, 3.63) is 57.0 Å². The average molecular weight is 309 g/mol. The van der Waals surface area contributed by atoms with Gasteiger partial charge in [-0.05, 0) is 37.0 Å². The minimum Gasteiger partial charge on any atom is -0.352 e. The molecular weight excluding hydrogens is 295 g/mol. The molecule has 0 bridgehead atoms. The normalized spacial score (nSPS) is 14.0. The van der Waals surface area contributed by atoms with E-state index in [4.69, 9.17) is 0 Å². The second-order valence-corrected chi connectivity index (χ2v) is 5.24. The van der Waals surface area contributed by atoms with Gasteiger partial charge in [-0.1, -0.05) is 12.1 Å². The molecule has 3 rings (SSSR count). The summed E-state index contributed by atoms with van der Waals surface area (Å²) in [6.45, 7) is 0.292. The maximum absolute atomic E-state index is 12.5. The predicted molar refractivity (Wildman–Crippen MR) is 75.7 cm³/mol. The lowest BCUT2D eigenvalue weighted by Crippen LogP contribution is -2.17. The molecule has 0 spiro atoms. The van der Waals surface area contributed by atoms with Gasteiger partial charge in [0.2, 0.25) is 5.95 Å². The fourth-order valence-corrected chi connectivity index (χ4v) is 2.52. The number of aryl methyl sites for hydroxylation is 1. The minimum atomic E-state index is -4.33.